The first-order valence-electron chi connectivity index (χ1n) is 10.4. The summed E-state index contributed by atoms with van der Waals surface area (Å²) in [6, 6.07) is 10.1. The second kappa shape index (κ2) is 8.07. The van der Waals surface area contributed by atoms with Crippen molar-refractivity contribution in [3.8, 4) is 22.5 Å². The number of nitrogens with one attached hydrogen (secondary N) is 2. The summed E-state index contributed by atoms with van der Waals surface area (Å²) in [6.07, 6.45) is 13.1. The molecule has 0 amide bonds. The predicted octanol–water partition coefficient (Wildman–Crippen LogP) is 6.10. The number of rotatable bonds is 5. The number of hydrogen-bond acceptors (Lipinski definition) is 4. The lowest BCUT2D eigenvalue weighted by molar-refractivity contribution is 1.12. The zero-order valence-electron chi connectivity index (χ0n) is 17.9. The fourth-order valence-corrected chi connectivity index (χ4v) is 4.02. The molecule has 32 heavy (non-hydrogen) atoms. The summed E-state index contributed by atoms with van der Waals surface area (Å²) in [5.41, 5.74) is 9.50. The molecule has 0 radical (unpaired) electrons. The summed E-state index contributed by atoms with van der Waals surface area (Å²) in [6.45, 7) is 7.88. The highest BCUT2D eigenvalue weighted by atomic mass is 15.1. The first-order chi connectivity index (χ1) is 15.7. The first-order valence-corrected chi connectivity index (χ1v) is 10.4. The Balaban J connectivity index is 1.65. The van der Waals surface area contributed by atoms with Gasteiger partial charge in [0.1, 0.15) is 11.2 Å². The van der Waals surface area contributed by atoms with Crippen molar-refractivity contribution in [2.45, 2.75) is 13.8 Å². The molecule has 0 bridgehead atoms. The van der Waals surface area contributed by atoms with Gasteiger partial charge in [0.05, 0.1) is 28.6 Å². The van der Waals surface area contributed by atoms with Crippen LogP contribution in [0.2, 0.25) is 0 Å². The average molecular weight is 419 g/mol. The van der Waals surface area contributed by atoms with Crippen LogP contribution in [0.15, 0.2) is 85.5 Å². The van der Waals surface area contributed by atoms with Crippen LogP contribution in [-0.2, 0) is 0 Å². The van der Waals surface area contributed by atoms with E-state index in [-0.39, 0.29) is 0 Å². The second-order valence-electron chi connectivity index (χ2n) is 7.52. The minimum Gasteiger partial charge on any atom is -0.352 e. The van der Waals surface area contributed by atoms with Gasteiger partial charge in [0.15, 0.2) is 0 Å². The summed E-state index contributed by atoms with van der Waals surface area (Å²) >= 11 is 0. The van der Waals surface area contributed by atoms with Gasteiger partial charge >= 0.3 is 0 Å². The van der Waals surface area contributed by atoms with Gasteiger partial charge in [0.2, 0.25) is 0 Å². The Morgan fingerprint density at radius 2 is 1.88 bits per heavy atom. The highest BCUT2D eigenvalue weighted by Crippen LogP contribution is 2.33. The molecule has 0 aromatic carbocycles. The van der Waals surface area contributed by atoms with Gasteiger partial charge in [-0.05, 0) is 60.9 Å². The number of hydrogen-bond donors (Lipinski definition) is 2. The lowest BCUT2D eigenvalue weighted by atomic mass is 10.0. The highest BCUT2D eigenvalue weighted by molar-refractivity contribution is 6.00. The molecule has 0 spiro atoms. The molecule has 156 valence electrons. The molecule has 0 saturated carbocycles. The van der Waals surface area contributed by atoms with Crippen molar-refractivity contribution in [3.63, 3.8) is 0 Å². The van der Waals surface area contributed by atoms with Gasteiger partial charge in [-0.2, -0.15) is 5.10 Å². The quantitative estimate of drug-likeness (QED) is 0.338. The molecule has 5 aromatic heterocycles. The van der Waals surface area contributed by atoms with Crippen LogP contribution < -0.4 is 0 Å². The van der Waals surface area contributed by atoms with E-state index in [9.17, 15) is 0 Å². The normalized spacial score (nSPS) is 12.6. The van der Waals surface area contributed by atoms with Crippen molar-refractivity contribution >= 4 is 27.5 Å². The first kappa shape index (κ1) is 19.6. The molecular weight excluding hydrogens is 396 g/mol. The molecule has 0 unspecified atom stereocenters. The van der Waals surface area contributed by atoms with Crippen LogP contribution in [0.25, 0.3) is 50.0 Å². The van der Waals surface area contributed by atoms with E-state index in [1.165, 1.54) is 0 Å². The van der Waals surface area contributed by atoms with Gasteiger partial charge in [-0.1, -0.05) is 24.8 Å². The van der Waals surface area contributed by atoms with Crippen LogP contribution >= 0.6 is 0 Å². The molecule has 0 aliphatic heterocycles. The monoisotopic (exact) mass is 418 g/mol. The number of H-pyrrole nitrogens is 2. The van der Waals surface area contributed by atoms with E-state index >= 15 is 0 Å². The Morgan fingerprint density at radius 1 is 1.03 bits per heavy atom. The Morgan fingerprint density at radius 3 is 2.66 bits per heavy atom. The number of fused-ring (bicyclic) bond motifs is 2. The number of aromatic amines is 2. The van der Waals surface area contributed by atoms with Gasteiger partial charge in [-0.15, -0.1) is 0 Å². The third-order valence-electron chi connectivity index (χ3n) is 5.56. The second-order valence-corrected chi connectivity index (χ2v) is 7.52. The summed E-state index contributed by atoms with van der Waals surface area (Å²) in [4.78, 5) is 17.0. The Hall–Kier alpha value is -4.32. The molecule has 6 nitrogen and oxygen atoms in total. The molecular formula is C26H22N6. The predicted molar refractivity (Wildman–Crippen MR) is 130 cm³/mol. The zero-order valence-corrected chi connectivity index (χ0v) is 17.9. The Labute approximate surface area is 185 Å². The molecule has 5 rings (SSSR count). The number of allylic oxidation sites excluding steroid dienone is 5. The van der Waals surface area contributed by atoms with Gasteiger partial charge in [-0.3, -0.25) is 15.1 Å². The minimum atomic E-state index is 0.777. The van der Waals surface area contributed by atoms with E-state index < -0.39 is 0 Å². The van der Waals surface area contributed by atoms with Crippen molar-refractivity contribution in [2.75, 3.05) is 0 Å². The molecule has 5 aromatic rings. The van der Waals surface area contributed by atoms with Gasteiger partial charge in [-0.25, -0.2) is 4.98 Å². The number of aromatic nitrogens is 6. The standard InChI is InChI=1S/C26H22N6/c1-4-6-16(3)18(5-2)21-7-8-22-25(30-21)26(32-31-22)23-13-19-20(14-28-15-24(19)29-23)17-9-11-27-12-10-17/h4-15,29H,1H2,2-3H3,(H,31,32)/b16-6-,18-5+. The third-order valence-corrected chi connectivity index (χ3v) is 5.56. The average Bonchev–Trinajstić information content (AvgIpc) is 3.44. The largest absolute Gasteiger partial charge is 0.352 e. The van der Waals surface area contributed by atoms with Crippen LogP contribution in [0, 0.1) is 0 Å². The number of pyridine rings is 3. The molecule has 5 heterocycles. The molecule has 0 fully saturated rings. The van der Waals surface area contributed by atoms with E-state index in [4.69, 9.17) is 4.98 Å². The van der Waals surface area contributed by atoms with Gasteiger partial charge in [0.25, 0.3) is 0 Å². The van der Waals surface area contributed by atoms with E-state index in [0.717, 1.165) is 61.3 Å². The molecule has 0 saturated heterocycles. The Kier molecular flexibility index (Phi) is 4.95. The molecule has 2 N–H and O–H groups in total. The minimum absolute atomic E-state index is 0.777. The van der Waals surface area contributed by atoms with Crippen molar-refractivity contribution in [3.05, 3.63) is 91.2 Å². The van der Waals surface area contributed by atoms with Crippen LogP contribution in [0.4, 0.5) is 0 Å². The maximum absolute atomic E-state index is 4.96. The third kappa shape index (κ3) is 3.32. The zero-order chi connectivity index (χ0) is 22.1. The van der Waals surface area contributed by atoms with E-state index in [0.29, 0.717) is 0 Å². The lowest BCUT2D eigenvalue weighted by Crippen LogP contribution is -1.92. The van der Waals surface area contributed by atoms with Crippen LogP contribution in [0.3, 0.4) is 0 Å². The lowest BCUT2D eigenvalue weighted by Gasteiger charge is -2.07. The topological polar surface area (TPSA) is 83.1 Å². The van der Waals surface area contributed by atoms with Gasteiger partial charge in [0, 0.05) is 29.5 Å². The van der Waals surface area contributed by atoms with Crippen molar-refractivity contribution in [2.24, 2.45) is 0 Å². The maximum Gasteiger partial charge on any atom is 0.135 e. The van der Waals surface area contributed by atoms with E-state index in [2.05, 4.69) is 50.8 Å². The van der Waals surface area contributed by atoms with Crippen molar-refractivity contribution in [1.82, 2.24) is 30.1 Å². The maximum atomic E-state index is 4.96. The Bertz CT molecular complexity index is 1500. The SMILES string of the molecule is C=C/C=C(C)\C(=C/C)c1ccc2[nH]nc(-c3cc4c(-c5ccncc5)cncc4[nH]3)c2n1. The molecule has 0 aliphatic carbocycles. The number of nitrogens with zero attached hydrogens (tertiary/aromatic N) is 4. The van der Waals surface area contributed by atoms with Crippen LogP contribution in [0.5, 0.6) is 0 Å². The summed E-state index contributed by atoms with van der Waals surface area (Å²) in [5.74, 6) is 0. The smallest absolute Gasteiger partial charge is 0.135 e. The van der Waals surface area contributed by atoms with Crippen LogP contribution in [-0.4, -0.2) is 30.1 Å². The summed E-state index contributed by atoms with van der Waals surface area (Å²) in [7, 11) is 0. The van der Waals surface area contributed by atoms with Crippen molar-refractivity contribution in [1.29, 1.82) is 0 Å². The highest BCUT2D eigenvalue weighted by Gasteiger charge is 2.16. The molecule has 0 aliphatic rings. The van der Waals surface area contributed by atoms with E-state index in [1.54, 1.807) is 18.5 Å². The van der Waals surface area contributed by atoms with Crippen LogP contribution in [0.1, 0.15) is 19.5 Å². The van der Waals surface area contributed by atoms with E-state index in [1.807, 2.05) is 49.7 Å². The summed E-state index contributed by atoms with van der Waals surface area (Å²) < 4.78 is 0. The van der Waals surface area contributed by atoms with Crippen molar-refractivity contribution < 1.29 is 0 Å². The fraction of sp³-hybridized carbons (Fsp3) is 0.0769. The molecule has 6 heteroatoms. The molecule has 0 atom stereocenters. The summed E-state index contributed by atoms with van der Waals surface area (Å²) in [5, 5.41) is 8.76. The fourth-order valence-electron chi connectivity index (χ4n) is 4.02. The van der Waals surface area contributed by atoms with Gasteiger partial charge < -0.3 is 4.98 Å².